The first-order valence-electron chi connectivity index (χ1n) is 10.0. The maximum absolute atomic E-state index is 13.4. The molecule has 3 heterocycles. The molecule has 0 bridgehead atoms. The van der Waals surface area contributed by atoms with Crippen LogP contribution in [0.2, 0.25) is 0 Å². The van der Waals surface area contributed by atoms with E-state index in [4.69, 9.17) is 9.47 Å². The van der Waals surface area contributed by atoms with Crippen LogP contribution in [0.15, 0.2) is 12.1 Å². The largest absolute Gasteiger partial charge is 0.493 e. The maximum Gasteiger partial charge on any atom is 0.257 e. The Labute approximate surface area is 176 Å². The lowest BCUT2D eigenvalue weighted by atomic mass is 9.98. The number of nitrogens with zero attached hydrogens (tertiary/aromatic N) is 3. The van der Waals surface area contributed by atoms with Gasteiger partial charge >= 0.3 is 0 Å². The van der Waals surface area contributed by atoms with Crippen molar-refractivity contribution in [3.63, 3.8) is 0 Å². The first kappa shape index (κ1) is 20.7. The predicted molar refractivity (Wildman–Crippen MR) is 112 cm³/mol. The molecule has 9 heteroatoms. The highest BCUT2D eigenvalue weighted by Crippen LogP contribution is 2.34. The van der Waals surface area contributed by atoms with E-state index in [0.29, 0.717) is 42.3 Å². The Kier molecular flexibility index (Phi) is 5.25. The number of hydrogen-bond donors (Lipinski definition) is 0. The third kappa shape index (κ3) is 3.55. The van der Waals surface area contributed by atoms with Crippen LogP contribution in [0.1, 0.15) is 45.3 Å². The average Bonchev–Trinajstić information content (AvgIpc) is 3.23. The SMILES string of the molecule is COc1cc2c(cc1OC)CN(C(=O)c1c(C)nn([C@@H]3CCS(=O)(=O)C3)c1C)CC2. The van der Waals surface area contributed by atoms with Gasteiger partial charge in [0.2, 0.25) is 0 Å². The first-order chi connectivity index (χ1) is 14.2. The number of aromatic nitrogens is 2. The Morgan fingerprint density at radius 1 is 1.13 bits per heavy atom. The summed E-state index contributed by atoms with van der Waals surface area (Å²) >= 11 is 0. The standard InChI is InChI=1S/C21H27N3O5S/c1-13-20(14(2)24(22-13)17-6-8-30(26,27)12-17)21(25)23-7-5-15-9-18(28-3)19(29-4)10-16(15)11-23/h9-10,17H,5-8,11-12H2,1-4H3/t17-/m1/s1. The van der Waals surface area contributed by atoms with Gasteiger partial charge in [0.05, 0.1) is 43.0 Å². The minimum atomic E-state index is -3.03. The van der Waals surface area contributed by atoms with Gasteiger partial charge in [-0.3, -0.25) is 9.48 Å². The summed E-state index contributed by atoms with van der Waals surface area (Å²) < 4.78 is 36.3. The zero-order valence-electron chi connectivity index (χ0n) is 17.8. The zero-order valence-corrected chi connectivity index (χ0v) is 18.6. The van der Waals surface area contributed by atoms with Gasteiger partial charge in [-0.25, -0.2) is 8.42 Å². The van der Waals surface area contributed by atoms with Crippen LogP contribution in [0.3, 0.4) is 0 Å². The Morgan fingerprint density at radius 2 is 1.80 bits per heavy atom. The molecule has 2 aliphatic rings. The van der Waals surface area contributed by atoms with Gasteiger partial charge in [-0.05, 0) is 49.9 Å². The van der Waals surface area contributed by atoms with Crippen molar-refractivity contribution in [1.82, 2.24) is 14.7 Å². The van der Waals surface area contributed by atoms with Crippen LogP contribution in [0.25, 0.3) is 0 Å². The number of methoxy groups -OCH3 is 2. The maximum atomic E-state index is 13.4. The molecule has 162 valence electrons. The van der Waals surface area contributed by atoms with Gasteiger partial charge in [-0.15, -0.1) is 0 Å². The van der Waals surface area contributed by atoms with Gasteiger partial charge in [0.15, 0.2) is 21.3 Å². The van der Waals surface area contributed by atoms with E-state index in [9.17, 15) is 13.2 Å². The quantitative estimate of drug-likeness (QED) is 0.733. The van der Waals surface area contributed by atoms with Crippen LogP contribution in [-0.2, 0) is 22.8 Å². The molecule has 8 nitrogen and oxygen atoms in total. The van der Waals surface area contributed by atoms with E-state index < -0.39 is 9.84 Å². The molecule has 1 aromatic carbocycles. The third-order valence-electron chi connectivity index (χ3n) is 6.10. The molecule has 0 aliphatic carbocycles. The summed E-state index contributed by atoms with van der Waals surface area (Å²) in [5.74, 6) is 1.52. The summed E-state index contributed by atoms with van der Waals surface area (Å²) in [6, 6.07) is 3.71. The van der Waals surface area contributed by atoms with Gasteiger partial charge in [-0.1, -0.05) is 0 Å². The van der Waals surface area contributed by atoms with Crippen molar-refractivity contribution in [1.29, 1.82) is 0 Å². The van der Waals surface area contributed by atoms with Gasteiger partial charge in [0.1, 0.15) is 0 Å². The van der Waals surface area contributed by atoms with Crippen molar-refractivity contribution in [3.8, 4) is 11.5 Å². The molecule has 0 saturated carbocycles. The zero-order chi connectivity index (χ0) is 21.6. The minimum absolute atomic E-state index is 0.0717. The predicted octanol–water partition coefficient (Wildman–Crippen LogP) is 2.08. The van der Waals surface area contributed by atoms with E-state index in [0.717, 1.165) is 23.2 Å². The molecule has 2 aromatic rings. The second-order valence-corrected chi connectivity index (χ2v) is 10.2. The summed E-state index contributed by atoms with van der Waals surface area (Å²) in [7, 11) is 0.182. The number of fused-ring (bicyclic) bond motifs is 1. The van der Waals surface area contributed by atoms with Crippen LogP contribution in [-0.4, -0.2) is 61.3 Å². The summed E-state index contributed by atoms with van der Waals surface area (Å²) in [4.78, 5) is 15.2. The number of sulfone groups is 1. The lowest BCUT2D eigenvalue weighted by Crippen LogP contribution is -2.36. The fourth-order valence-corrected chi connectivity index (χ4v) is 6.20. The fourth-order valence-electron chi connectivity index (χ4n) is 4.51. The van der Waals surface area contributed by atoms with Crippen LogP contribution < -0.4 is 9.47 Å². The number of amides is 1. The molecule has 1 fully saturated rings. The number of rotatable bonds is 4. The molecule has 4 rings (SSSR count). The highest BCUT2D eigenvalue weighted by atomic mass is 32.2. The summed E-state index contributed by atoms with van der Waals surface area (Å²) in [5, 5.41) is 4.54. The van der Waals surface area contributed by atoms with Crippen LogP contribution in [0, 0.1) is 13.8 Å². The van der Waals surface area contributed by atoms with Gasteiger partial charge in [0, 0.05) is 18.8 Å². The molecule has 0 unspecified atom stereocenters. The van der Waals surface area contributed by atoms with Gasteiger partial charge in [0.25, 0.3) is 5.91 Å². The normalized spacial score (nSPS) is 20.1. The average molecular weight is 434 g/mol. The molecule has 0 spiro atoms. The van der Waals surface area contributed by atoms with Crippen molar-refractivity contribution in [3.05, 3.63) is 40.2 Å². The molecule has 1 aromatic heterocycles. The number of hydrogen-bond acceptors (Lipinski definition) is 6. The van der Waals surface area contributed by atoms with Gasteiger partial charge < -0.3 is 14.4 Å². The van der Waals surface area contributed by atoms with Crippen LogP contribution >= 0.6 is 0 Å². The van der Waals surface area contributed by atoms with Crippen LogP contribution in [0.4, 0.5) is 0 Å². The Morgan fingerprint density at radius 3 is 2.40 bits per heavy atom. The molecule has 0 N–H and O–H groups in total. The Bertz CT molecular complexity index is 1110. The van der Waals surface area contributed by atoms with Crippen molar-refractivity contribution in [2.24, 2.45) is 0 Å². The second-order valence-electron chi connectivity index (χ2n) is 8.00. The summed E-state index contributed by atoms with van der Waals surface area (Å²) in [6.07, 6.45) is 1.27. The minimum Gasteiger partial charge on any atom is -0.493 e. The first-order valence-corrected chi connectivity index (χ1v) is 11.9. The molecule has 1 amide bonds. The number of ether oxygens (including phenoxy) is 2. The number of benzene rings is 1. The topological polar surface area (TPSA) is 90.7 Å². The van der Waals surface area contributed by atoms with E-state index in [1.54, 1.807) is 18.9 Å². The molecule has 1 saturated heterocycles. The summed E-state index contributed by atoms with van der Waals surface area (Å²) in [5.41, 5.74) is 4.13. The van der Waals surface area contributed by atoms with Crippen molar-refractivity contribution >= 4 is 15.7 Å². The smallest absolute Gasteiger partial charge is 0.257 e. The summed E-state index contributed by atoms with van der Waals surface area (Å²) in [6.45, 7) is 4.75. The Hall–Kier alpha value is -2.55. The van der Waals surface area contributed by atoms with E-state index in [1.165, 1.54) is 0 Å². The van der Waals surface area contributed by atoms with Crippen molar-refractivity contribution in [2.75, 3.05) is 32.3 Å². The monoisotopic (exact) mass is 433 g/mol. The lowest BCUT2D eigenvalue weighted by molar-refractivity contribution is 0.0732. The second kappa shape index (κ2) is 7.61. The molecule has 30 heavy (non-hydrogen) atoms. The van der Waals surface area contributed by atoms with Crippen molar-refractivity contribution < 1.29 is 22.7 Å². The molecule has 2 aliphatic heterocycles. The number of carbonyl (C=O) groups is 1. The fraction of sp³-hybridized carbons (Fsp3) is 0.524. The van der Waals surface area contributed by atoms with E-state index >= 15 is 0 Å². The van der Waals surface area contributed by atoms with E-state index in [-0.39, 0.29) is 23.5 Å². The highest BCUT2D eigenvalue weighted by molar-refractivity contribution is 7.91. The number of carbonyl (C=O) groups excluding carboxylic acids is 1. The molecular formula is C21H27N3O5S. The van der Waals surface area contributed by atoms with Crippen LogP contribution in [0.5, 0.6) is 11.5 Å². The molecule has 0 radical (unpaired) electrons. The van der Waals surface area contributed by atoms with Gasteiger partial charge in [-0.2, -0.15) is 5.10 Å². The van der Waals surface area contributed by atoms with E-state index in [2.05, 4.69) is 5.10 Å². The number of aryl methyl sites for hydroxylation is 1. The Balaban J connectivity index is 1.60. The highest BCUT2D eigenvalue weighted by Gasteiger charge is 2.34. The van der Waals surface area contributed by atoms with E-state index in [1.807, 2.05) is 30.9 Å². The molecular weight excluding hydrogens is 406 g/mol. The van der Waals surface area contributed by atoms with Crippen molar-refractivity contribution in [2.45, 2.75) is 39.3 Å². The molecule has 1 atom stereocenters. The third-order valence-corrected chi connectivity index (χ3v) is 7.85. The lowest BCUT2D eigenvalue weighted by Gasteiger charge is -2.30.